The number of hydrogen-bond donors (Lipinski definition) is 0. The van der Waals surface area contributed by atoms with Gasteiger partial charge in [0.1, 0.15) is 5.52 Å². The quantitative estimate of drug-likeness (QED) is 0.270. The van der Waals surface area contributed by atoms with Crippen molar-refractivity contribution in [3.05, 3.63) is 48.5 Å². The summed E-state index contributed by atoms with van der Waals surface area (Å²) in [6.45, 7) is 0. The van der Waals surface area contributed by atoms with Gasteiger partial charge >= 0.3 is 0 Å². The SMILES string of the molecule is [S-]c1nn2c3ccccc3c3ccccc3[n+]2n1. The average Bonchev–Trinajstić information content (AvgIpc) is 2.81. The van der Waals surface area contributed by atoms with Crippen LogP contribution in [0.3, 0.4) is 0 Å². The lowest BCUT2D eigenvalue weighted by Gasteiger charge is -2.01. The molecule has 5 heteroatoms. The Hall–Kier alpha value is -2.27. The third-order valence-electron chi connectivity index (χ3n) is 3.07. The largest absolute Gasteiger partial charge is 0.706 e. The van der Waals surface area contributed by atoms with Crippen molar-refractivity contribution in [1.82, 2.24) is 14.8 Å². The van der Waals surface area contributed by atoms with Gasteiger partial charge in [0.05, 0.1) is 0 Å². The Morgan fingerprint density at radius 1 is 0.944 bits per heavy atom. The molecule has 0 bridgehead atoms. The van der Waals surface area contributed by atoms with Crippen LogP contribution < -0.4 is 4.63 Å². The molecule has 18 heavy (non-hydrogen) atoms. The second kappa shape index (κ2) is 3.36. The number of aromatic nitrogens is 4. The average molecular weight is 252 g/mol. The van der Waals surface area contributed by atoms with Crippen LogP contribution >= 0.6 is 0 Å². The normalized spacial score (nSPS) is 11.6. The molecule has 0 spiro atoms. The maximum Gasteiger partial charge on any atom is 0.195 e. The summed E-state index contributed by atoms with van der Waals surface area (Å²) in [6, 6.07) is 16.2. The molecule has 2 aromatic heterocycles. The monoisotopic (exact) mass is 252 g/mol. The van der Waals surface area contributed by atoms with Crippen LogP contribution in [0.5, 0.6) is 0 Å². The van der Waals surface area contributed by atoms with Crippen LogP contribution in [-0.4, -0.2) is 14.8 Å². The Balaban J connectivity index is 2.45. The van der Waals surface area contributed by atoms with E-state index < -0.39 is 0 Å². The van der Waals surface area contributed by atoms with Gasteiger partial charge in [-0.05, 0) is 27.9 Å². The fourth-order valence-electron chi connectivity index (χ4n) is 2.33. The van der Waals surface area contributed by atoms with Crippen LogP contribution in [0.1, 0.15) is 0 Å². The molecule has 2 aromatic carbocycles. The number of fused-ring (bicyclic) bond motifs is 6. The molecule has 0 saturated carbocycles. The Kier molecular flexibility index (Phi) is 1.82. The molecule has 0 radical (unpaired) electrons. The van der Waals surface area contributed by atoms with Crippen molar-refractivity contribution in [1.29, 1.82) is 0 Å². The first-order valence-electron chi connectivity index (χ1n) is 5.60. The second-order valence-electron chi connectivity index (χ2n) is 4.10. The van der Waals surface area contributed by atoms with Crippen molar-refractivity contribution in [2.45, 2.75) is 5.16 Å². The molecule has 4 aromatic rings. The molecule has 0 aliphatic heterocycles. The highest BCUT2D eigenvalue weighted by atomic mass is 32.1. The second-order valence-corrected chi connectivity index (χ2v) is 4.46. The molecule has 4 rings (SSSR count). The summed E-state index contributed by atoms with van der Waals surface area (Å²) in [5, 5.41) is 11.2. The lowest BCUT2D eigenvalue weighted by molar-refractivity contribution is -0.654. The molecule has 2 heterocycles. The number of rotatable bonds is 0. The minimum atomic E-state index is 0.349. The number of nitrogens with zero attached hydrogens (tertiary/aromatic N) is 4. The molecular formula is C13H8N4S. The van der Waals surface area contributed by atoms with E-state index in [-0.39, 0.29) is 0 Å². The van der Waals surface area contributed by atoms with Gasteiger partial charge in [0.2, 0.25) is 0 Å². The summed E-state index contributed by atoms with van der Waals surface area (Å²) in [5.74, 6) is 0. The van der Waals surface area contributed by atoms with Crippen molar-refractivity contribution in [3.8, 4) is 0 Å². The molecule has 0 atom stereocenters. The van der Waals surface area contributed by atoms with Gasteiger partial charge in [-0.25, -0.2) is 0 Å². The molecular weight excluding hydrogens is 244 g/mol. The first-order valence-corrected chi connectivity index (χ1v) is 6.01. The predicted octanol–water partition coefficient (Wildman–Crippen LogP) is 1.53. The number of tetrazole rings is 1. The van der Waals surface area contributed by atoms with E-state index in [1.54, 1.807) is 9.26 Å². The molecule has 0 N–H and O–H groups in total. The highest BCUT2D eigenvalue weighted by Crippen LogP contribution is 2.20. The zero-order valence-corrected chi connectivity index (χ0v) is 10.1. The van der Waals surface area contributed by atoms with Gasteiger partial charge < -0.3 is 12.6 Å². The van der Waals surface area contributed by atoms with Crippen molar-refractivity contribution >= 4 is 34.4 Å². The van der Waals surface area contributed by atoms with Crippen LogP contribution in [0.4, 0.5) is 0 Å². The lowest BCUT2D eigenvalue weighted by atomic mass is 10.1. The Labute approximate surface area is 108 Å². The zero-order valence-electron chi connectivity index (χ0n) is 9.32. The lowest BCUT2D eigenvalue weighted by Crippen LogP contribution is -2.33. The van der Waals surface area contributed by atoms with E-state index >= 15 is 0 Å². The summed E-state index contributed by atoms with van der Waals surface area (Å²) < 4.78 is 3.50. The highest BCUT2D eigenvalue weighted by molar-refractivity contribution is 7.58. The summed E-state index contributed by atoms with van der Waals surface area (Å²) >= 11 is 5.07. The first kappa shape index (κ1) is 9.73. The van der Waals surface area contributed by atoms with Gasteiger partial charge in [-0.15, -0.1) is 0 Å². The topological polar surface area (TPSA) is 34.3 Å². The van der Waals surface area contributed by atoms with E-state index in [0.29, 0.717) is 5.16 Å². The first-order chi connectivity index (χ1) is 8.84. The maximum atomic E-state index is 5.07. The number of para-hydroxylation sites is 2. The molecule has 0 saturated heterocycles. The van der Waals surface area contributed by atoms with Crippen molar-refractivity contribution in [2.75, 3.05) is 0 Å². The summed E-state index contributed by atoms with van der Waals surface area (Å²) in [7, 11) is 0. The molecule has 0 fully saturated rings. The Morgan fingerprint density at radius 2 is 1.67 bits per heavy atom. The standard InChI is InChI=1S/C13H8N4S/c18-13-14-16-11-7-3-1-5-9(11)10-6-2-4-8-12(10)17(16)15-13/h1-8H. The van der Waals surface area contributed by atoms with Gasteiger partial charge in [-0.1, -0.05) is 30.3 Å². The smallest absolute Gasteiger partial charge is 0.195 e. The predicted molar refractivity (Wildman–Crippen MR) is 69.3 cm³/mol. The highest BCUT2D eigenvalue weighted by Gasteiger charge is 2.15. The molecule has 0 aliphatic carbocycles. The summed E-state index contributed by atoms with van der Waals surface area (Å²) in [5.41, 5.74) is 2.00. The molecule has 0 aliphatic rings. The third kappa shape index (κ3) is 1.16. The van der Waals surface area contributed by atoms with Gasteiger partial charge in [0, 0.05) is 20.5 Å². The Bertz CT molecular complexity index is 825. The van der Waals surface area contributed by atoms with Crippen LogP contribution in [0.2, 0.25) is 0 Å². The van der Waals surface area contributed by atoms with Crippen LogP contribution in [-0.2, 0) is 12.6 Å². The molecule has 4 nitrogen and oxygen atoms in total. The van der Waals surface area contributed by atoms with Gasteiger partial charge in [0.15, 0.2) is 10.7 Å². The van der Waals surface area contributed by atoms with E-state index in [4.69, 9.17) is 12.6 Å². The minimum Gasteiger partial charge on any atom is -0.706 e. The van der Waals surface area contributed by atoms with E-state index in [1.807, 2.05) is 36.4 Å². The summed E-state index contributed by atoms with van der Waals surface area (Å²) in [6.07, 6.45) is 0. The van der Waals surface area contributed by atoms with Crippen molar-refractivity contribution < 1.29 is 4.63 Å². The van der Waals surface area contributed by atoms with Crippen LogP contribution in [0.25, 0.3) is 21.8 Å². The number of hydrogen-bond acceptors (Lipinski definition) is 3. The third-order valence-corrected chi connectivity index (χ3v) is 3.23. The fourth-order valence-corrected chi connectivity index (χ4v) is 2.48. The fraction of sp³-hybridized carbons (Fsp3) is 0. The van der Waals surface area contributed by atoms with E-state index in [2.05, 4.69) is 22.3 Å². The van der Waals surface area contributed by atoms with Gasteiger partial charge in [-0.2, -0.15) is 0 Å². The van der Waals surface area contributed by atoms with E-state index in [0.717, 1.165) is 21.8 Å². The zero-order chi connectivity index (χ0) is 12.1. The van der Waals surface area contributed by atoms with Crippen molar-refractivity contribution in [2.24, 2.45) is 0 Å². The molecule has 86 valence electrons. The molecule has 0 amide bonds. The van der Waals surface area contributed by atoms with E-state index in [9.17, 15) is 0 Å². The van der Waals surface area contributed by atoms with Gasteiger partial charge in [-0.3, -0.25) is 0 Å². The van der Waals surface area contributed by atoms with Crippen molar-refractivity contribution in [3.63, 3.8) is 0 Å². The van der Waals surface area contributed by atoms with E-state index in [1.165, 1.54) is 0 Å². The maximum absolute atomic E-state index is 5.07. The number of benzene rings is 2. The Morgan fingerprint density at radius 3 is 2.56 bits per heavy atom. The van der Waals surface area contributed by atoms with Gasteiger partial charge in [0.25, 0.3) is 0 Å². The van der Waals surface area contributed by atoms with Crippen LogP contribution in [0.15, 0.2) is 53.7 Å². The summed E-state index contributed by atoms with van der Waals surface area (Å²) in [4.78, 5) is 0. The molecule has 0 unspecified atom stereocenters. The van der Waals surface area contributed by atoms with Crippen LogP contribution in [0, 0.1) is 0 Å². The minimum absolute atomic E-state index is 0.349.